The monoisotopic (exact) mass is 312 g/mol. The molecule has 0 amide bonds. The van der Waals surface area contributed by atoms with Crippen LogP contribution in [0, 0.1) is 0 Å². The first-order valence-corrected chi connectivity index (χ1v) is 8.96. The maximum Gasteiger partial charge on any atom is 0.368 e. The molecule has 0 aromatic carbocycles. The van der Waals surface area contributed by atoms with Crippen molar-refractivity contribution in [2.75, 3.05) is 13.2 Å². The quantitative estimate of drug-likeness (QED) is 0.720. The lowest BCUT2D eigenvalue weighted by Crippen LogP contribution is -2.16. The second-order valence-corrected chi connectivity index (χ2v) is 7.90. The molecule has 0 aliphatic heterocycles. The summed E-state index contributed by atoms with van der Waals surface area (Å²) in [5.41, 5.74) is -0.485. The van der Waals surface area contributed by atoms with Crippen LogP contribution in [0.15, 0.2) is 4.79 Å². The van der Waals surface area contributed by atoms with Crippen molar-refractivity contribution in [2.45, 2.75) is 33.8 Å². The lowest BCUT2D eigenvalue weighted by Gasteiger charge is -2.19. The molecule has 6 nitrogen and oxygen atoms in total. The minimum atomic E-state index is -2.82. The van der Waals surface area contributed by atoms with Gasteiger partial charge >= 0.3 is 12.3 Å². The van der Waals surface area contributed by atoms with Crippen LogP contribution in [0.1, 0.15) is 27.7 Å². The van der Waals surface area contributed by atoms with Gasteiger partial charge in [0.05, 0.1) is 19.3 Å². The van der Waals surface area contributed by atoms with E-state index in [1.165, 1.54) is 3.73 Å². The summed E-state index contributed by atoms with van der Waals surface area (Å²) >= 11 is 6.37. The van der Waals surface area contributed by atoms with Crippen LogP contribution in [-0.2, 0) is 20.9 Å². The molecule has 0 spiro atoms. The fourth-order valence-corrected chi connectivity index (χ4v) is 4.97. The van der Waals surface area contributed by atoms with Crippen LogP contribution in [-0.4, -0.2) is 28.0 Å². The summed E-state index contributed by atoms with van der Waals surface area (Å²) in [4.78, 5) is 15.6. The lowest BCUT2D eigenvalue weighted by molar-refractivity contribution is 0.241. The van der Waals surface area contributed by atoms with Crippen molar-refractivity contribution < 1.29 is 13.8 Å². The maximum atomic E-state index is 11.8. The highest BCUT2D eigenvalue weighted by Crippen LogP contribution is 2.50. The van der Waals surface area contributed by atoms with Gasteiger partial charge in [0.2, 0.25) is 0 Å². The van der Waals surface area contributed by atoms with Crippen LogP contribution in [0.4, 0.5) is 0 Å². The van der Waals surface area contributed by atoms with Gasteiger partial charge in [-0.05, 0) is 39.5 Å². The SMILES string of the molecule is CCOP(=S)(OCC)n1sc(OC(C)C)nc1=O. The third kappa shape index (κ3) is 3.86. The van der Waals surface area contributed by atoms with Gasteiger partial charge in [-0.3, -0.25) is 0 Å². The Bertz CT molecular complexity index is 475. The van der Waals surface area contributed by atoms with Gasteiger partial charge < -0.3 is 13.8 Å². The van der Waals surface area contributed by atoms with Crippen molar-refractivity contribution in [1.82, 2.24) is 8.71 Å². The molecule has 0 radical (unpaired) electrons. The molecule has 0 unspecified atom stereocenters. The first-order chi connectivity index (χ1) is 8.42. The molecule has 0 saturated carbocycles. The smallest absolute Gasteiger partial charge is 0.368 e. The Morgan fingerprint density at radius 2 is 1.94 bits per heavy atom. The summed E-state index contributed by atoms with van der Waals surface area (Å²) in [5, 5.41) is 0.281. The summed E-state index contributed by atoms with van der Waals surface area (Å²) < 4.78 is 17.5. The van der Waals surface area contributed by atoms with E-state index in [1.807, 2.05) is 13.8 Å². The number of hydrogen-bond donors (Lipinski definition) is 0. The van der Waals surface area contributed by atoms with Crippen molar-refractivity contribution in [3.63, 3.8) is 0 Å². The Kier molecular flexibility index (Phi) is 5.94. The summed E-state index contributed by atoms with van der Waals surface area (Å²) in [5.74, 6) is 0. The molecular weight excluding hydrogens is 295 g/mol. The highest BCUT2D eigenvalue weighted by molar-refractivity contribution is 8.09. The van der Waals surface area contributed by atoms with E-state index in [0.717, 1.165) is 11.5 Å². The molecule has 0 aliphatic rings. The minimum Gasteiger partial charge on any atom is -0.466 e. The second kappa shape index (κ2) is 6.77. The van der Waals surface area contributed by atoms with Crippen LogP contribution in [0.25, 0.3) is 0 Å². The van der Waals surface area contributed by atoms with Crippen LogP contribution < -0.4 is 10.4 Å². The number of ether oxygens (including phenoxy) is 1. The van der Waals surface area contributed by atoms with Gasteiger partial charge in [0.25, 0.3) is 5.19 Å². The summed E-state index contributed by atoms with van der Waals surface area (Å²) in [6.45, 7) is 5.26. The molecule has 1 rings (SSSR count). The molecule has 0 atom stereocenters. The maximum absolute atomic E-state index is 11.8. The molecule has 0 N–H and O–H groups in total. The fourth-order valence-electron chi connectivity index (χ4n) is 1.13. The molecule has 1 aromatic rings. The van der Waals surface area contributed by atoms with Crippen molar-refractivity contribution >= 4 is 30.0 Å². The van der Waals surface area contributed by atoms with Gasteiger partial charge in [-0.1, -0.05) is 0 Å². The van der Waals surface area contributed by atoms with E-state index in [9.17, 15) is 4.79 Å². The first kappa shape index (κ1) is 15.8. The average Bonchev–Trinajstić information content (AvgIpc) is 2.59. The largest absolute Gasteiger partial charge is 0.466 e. The van der Waals surface area contributed by atoms with E-state index in [-0.39, 0.29) is 11.3 Å². The van der Waals surface area contributed by atoms with Crippen LogP contribution in [0.2, 0.25) is 0 Å². The van der Waals surface area contributed by atoms with Gasteiger partial charge in [-0.2, -0.15) is 3.73 Å². The number of aromatic nitrogens is 2. The third-order valence-electron chi connectivity index (χ3n) is 1.66. The standard InChI is InChI=1S/C9H17N2O4PS2/c1-5-13-16(17,14-6-2)11-8(12)10-9(18-11)15-7(3)4/h7H,5-6H2,1-4H3. The normalized spacial score (nSPS) is 12.1. The molecule has 1 aromatic heterocycles. The van der Waals surface area contributed by atoms with E-state index in [0.29, 0.717) is 13.2 Å². The third-order valence-corrected chi connectivity index (χ3v) is 6.44. The van der Waals surface area contributed by atoms with E-state index < -0.39 is 12.3 Å². The van der Waals surface area contributed by atoms with Crippen molar-refractivity contribution in [1.29, 1.82) is 0 Å². The molecule has 1 heterocycles. The molecule has 0 bridgehead atoms. The molecular formula is C9H17N2O4PS2. The number of hydrogen-bond acceptors (Lipinski definition) is 7. The Labute approximate surface area is 115 Å². The van der Waals surface area contributed by atoms with Crippen LogP contribution in [0.3, 0.4) is 0 Å². The number of rotatable bonds is 7. The van der Waals surface area contributed by atoms with Gasteiger partial charge in [-0.15, -0.1) is 4.98 Å². The zero-order chi connectivity index (χ0) is 13.8. The van der Waals surface area contributed by atoms with Gasteiger partial charge in [0.1, 0.15) is 0 Å². The zero-order valence-corrected chi connectivity index (χ0v) is 13.3. The molecule has 0 saturated heterocycles. The van der Waals surface area contributed by atoms with Crippen molar-refractivity contribution in [3.8, 4) is 5.19 Å². The molecule has 0 fully saturated rings. The van der Waals surface area contributed by atoms with E-state index in [2.05, 4.69) is 4.98 Å². The Morgan fingerprint density at radius 1 is 1.39 bits per heavy atom. The minimum absolute atomic E-state index is 0.0546. The first-order valence-electron chi connectivity index (χ1n) is 5.60. The van der Waals surface area contributed by atoms with Gasteiger partial charge in [-0.25, -0.2) is 4.79 Å². The van der Waals surface area contributed by atoms with E-state index in [4.69, 9.17) is 25.6 Å². The molecule has 9 heteroatoms. The van der Waals surface area contributed by atoms with Crippen molar-refractivity contribution in [3.05, 3.63) is 10.5 Å². The van der Waals surface area contributed by atoms with Gasteiger partial charge in [0, 0.05) is 11.5 Å². The summed E-state index contributed by atoms with van der Waals surface area (Å²) in [6, 6.07) is 0. The van der Waals surface area contributed by atoms with Crippen LogP contribution in [0.5, 0.6) is 5.19 Å². The highest BCUT2D eigenvalue weighted by atomic mass is 32.5. The number of nitrogens with zero attached hydrogens (tertiary/aromatic N) is 2. The Balaban J connectivity index is 3.09. The summed E-state index contributed by atoms with van der Waals surface area (Å²) in [6.07, 6.45) is -0.0546. The second-order valence-electron chi connectivity index (χ2n) is 3.50. The lowest BCUT2D eigenvalue weighted by atomic mass is 10.5. The molecule has 104 valence electrons. The molecule has 0 aliphatic carbocycles. The van der Waals surface area contributed by atoms with E-state index in [1.54, 1.807) is 13.8 Å². The van der Waals surface area contributed by atoms with Crippen molar-refractivity contribution in [2.24, 2.45) is 0 Å². The van der Waals surface area contributed by atoms with Gasteiger partial charge in [0.15, 0.2) is 0 Å². The Morgan fingerprint density at radius 3 is 2.39 bits per heavy atom. The predicted octanol–water partition coefficient (Wildman–Crippen LogP) is 2.24. The Hall–Kier alpha value is -0.270. The topological polar surface area (TPSA) is 62.6 Å². The predicted molar refractivity (Wildman–Crippen MR) is 75.1 cm³/mol. The summed E-state index contributed by atoms with van der Waals surface area (Å²) in [7, 11) is 0. The highest BCUT2D eigenvalue weighted by Gasteiger charge is 2.26. The molecule has 18 heavy (non-hydrogen) atoms. The fraction of sp³-hybridized carbons (Fsp3) is 0.778. The van der Waals surface area contributed by atoms with E-state index >= 15 is 0 Å². The zero-order valence-electron chi connectivity index (χ0n) is 10.8. The van der Waals surface area contributed by atoms with Crippen LogP contribution >= 0.6 is 18.2 Å². The average molecular weight is 312 g/mol.